The molecule has 0 aliphatic carbocycles. The van der Waals surface area contributed by atoms with Crippen LogP contribution in [0.25, 0.3) is 0 Å². The fraction of sp³-hybridized carbons (Fsp3) is 0.0714. The van der Waals surface area contributed by atoms with Gasteiger partial charge in [-0.3, -0.25) is 5.43 Å². The molecule has 20 heavy (non-hydrogen) atoms. The van der Waals surface area contributed by atoms with Gasteiger partial charge >= 0.3 is 0 Å². The van der Waals surface area contributed by atoms with Crippen LogP contribution in [-0.4, -0.2) is 15.8 Å². The Hall–Kier alpha value is -1.98. The minimum absolute atomic E-state index is 0.386. The number of hydrogen-bond acceptors (Lipinski definition) is 3. The van der Waals surface area contributed by atoms with Crippen molar-refractivity contribution in [2.45, 2.75) is 6.92 Å². The number of pyridine rings is 1. The van der Waals surface area contributed by atoms with Crippen LogP contribution in [0.2, 0.25) is 5.02 Å². The Kier molecular flexibility index (Phi) is 5.03. The van der Waals surface area contributed by atoms with Gasteiger partial charge < -0.3 is 5.32 Å². The molecule has 1 aromatic carbocycles. The summed E-state index contributed by atoms with van der Waals surface area (Å²) in [6.45, 7) is 1.89. The Bertz CT molecular complexity index is 611. The number of hydrazone groups is 1. The molecule has 0 saturated carbocycles. The Morgan fingerprint density at radius 1 is 1.20 bits per heavy atom. The van der Waals surface area contributed by atoms with Gasteiger partial charge in [0, 0.05) is 11.2 Å². The lowest BCUT2D eigenvalue weighted by Crippen LogP contribution is -2.25. The molecular formula is C14H13ClN4S. The number of aromatic nitrogens is 1. The zero-order valence-electron chi connectivity index (χ0n) is 10.8. The first kappa shape index (κ1) is 14.4. The molecule has 0 amide bonds. The van der Waals surface area contributed by atoms with E-state index in [0.717, 1.165) is 11.3 Å². The first-order valence-electron chi connectivity index (χ1n) is 5.93. The highest BCUT2D eigenvalue weighted by Crippen LogP contribution is 2.10. The molecule has 1 heterocycles. The maximum absolute atomic E-state index is 5.84. The van der Waals surface area contributed by atoms with Crippen LogP contribution < -0.4 is 10.7 Å². The first-order valence-corrected chi connectivity index (χ1v) is 6.72. The van der Waals surface area contributed by atoms with Crippen LogP contribution in [0.3, 0.4) is 0 Å². The Morgan fingerprint density at radius 2 is 1.95 bits per heavy atom. The topological polar surface area (TPSA) is 49.3 Å². The van der Waals surface area contributed by atoms with E-state index in [0.29, 0.717) is 16.0 Å². The van der Waals surface area contributed by atoms with Crippen molar-refractivity contribution in [1.29, 1.82) is 0 Å². The molecule has 0 unspecified atom stereocenters. The summed E-state index contributed by atoms with van der Waals surface area (Å²) in [5.74, 6) is 0.671. The molecular weight excluding hydrogens is 292 g/mol. The van der Waals surface area contributed by atoms with Gasteiger partial charge in [-0.2, -0.15) is 5.10 Å². The molecule has 6 heteroatoms. The molecule has 2 aromatic rings. The van der Waals surface area contributed by atoms with E-state index in [9.17, 15) is 0 Å². The van der Waals surface area contributed by atoms with Gasteiger partial charge in [-0.15, -0.1) is 0 Å². The van der Waals surface area contributed by atoms with Crippen molar-refractivity contribution < 1.29 is 0 Å². The number of rotatable bonds is 3. The van der Waals surface area contributed by atoms with Crippen LogP contribution in [-0.2, 0) is 0 Å². The summed E-state index contributed by atoms with van der Waals surface area (Å²) < 4.78 is 0. The van der Waals surface area contributed by atoms with E-state index in [1.54, 1.807) is 6.20 Å². The molecule has 4 nitrogen and oxygen atoms in total. The van der Waals surface area contributed by atoms with Crippen molar-refractivity contribution >= 4 is 40.5 Å². The molecule has 2 N–H and O–H groups in total. The third-order valence-electron chi connectivity index (χ3n) is 2.49. The van der Waals surface area contributed by atoms with Crippen molar-refractivity contribution in [3.8, 4) is 0 Å². The van der Waals surface area contributed by atoms with Crippen molar-refractivity contribution in [2.24, 2.45) is 5.10 Å². The van der Waals surface area contributed by atoms with Gasteiger partial charge in [0.05, 0.1) is 5.71 Å². The quantitative estimate of drug-likeness (QED) is 0.518. The van der Waals surface area contributed by atoms with Crippen LogP contribution in [0, 0.1) is 0 Å². The zero-order chi connectivity index (χ0) is 14.4. The highest BCUT2D eigenvalue weighted by Gasteiger charge is 1.99. The number of hydrogen-bond donors (Lipinski definition) is 2. The van der Waals surface area contributed by atoms with E-state index < -0.39 is 0 Å². The lowest BCUT2D eigenvalue weighted by atomic mass is 10.1. The van der Waals surface area contributed by atoms with Gasteiger partial charge in [-0.1, -0.05) is 29.8 Å². The average Bonchev–Trinajstić information content (AvgIpc) is 2.46. The van der Waals surface area contributed by atoms with Crippen LogP contribution >= 0.6 is 23.8 Å². The van der Waals surface area contributed by atoms with Crippen molar-refractivity contribution in [1.82, 2.24) is 10.4 Å². The fourth-order valence-electron chi connectivity index (χ4n) is 1.47. The third kappa shape index (κ3) is 4.29. The van der Waals surface area contributed by atoms with Crippen LogP contribution in [0.5, 0.6) is 0 Å². The van der Waals surface area contributed by atoms with Gasteiger partial charge in [0.2, 0.25) is 0 Å². The summed E-state index contributed by atoms with van der Waals surface area (Å²) in [5.41, 5.74) is 4.57. The molecule has 0 radical (unpaired) electrons. The molecule has 1 aromatic heterocycles. The summed E-state index contributed by atoms with van der Waals surface area (Å²) in [6.07, 6.45) is 1.69. The second-order valence-electron chi connectivity index (χ2n) is 3.99. The Morgan fingerprint density at radius 3 is 2.60 bits per heavy atom. The van der Waals surface area contributed by atoms with E-state index in [4.69, 9.17) is 23.8 Å². The number of nitrogens with zero attached hydrogens (tertiary/aromatic N) is 2. The van der Waals surface area contributed by atoms with E-state index in [2.05, 4.69) is 20.8 Å². The minimum Gasteiger partial charge on any atom is -0.316 e. The van der Waals surface area contributed by atoms with Gasteiger partial charge in [0.1, 0.15) is 5.82 Å². The van der Waals surface area contributed by atoms with Crippen molar-refractivity contribution in [3.63, 3.8) is 0 Å². The van der Waals surface area contributed by atoms with Crippen LogP contribution in [0.1, 0.15) is 12.5 Å². The van der Waals surface area contributed by atoms with E-state index in [-0.39, 0.29) is 0 Å². The lowest BCUT2D eigenvalue weighted by molar-refractivity contribution is 1.03. The molecule has 0 spiro atoms. The second-order valence-corrected chi connectivity index (χ2v) is 4.83. The maximum Gasteiger partial charge on any atom is 0.192 e. The first-order chi connectivity index (χ1) is 9.65. The maximum atomic E-state index is 5.84. The number of halogens is 1. The predicted molar refractivity (Wildman–Crippen MR) is 87.3 cm³/mol. The molecule has 0 atom stereocenters. The minimum atomic E-state index is 0.386. The molecule has 0 aliphatic heterocycles. The normalized spacial score (nSPS) is 11.0. The van der Waals surface area contributed by atoms with Crippen LogP contribution in [0.4, 0.5) is 5.82 Å². The van der Waals surface area contributed by atoms with Crippen molar-refractivity contribution in [2.75, 3.05) is 5.32 Å². The summed E-state index contributed by atoms with van der Waals surface area (Å²) >= 11 is 11.0. The van der Waals surface area contributed by atoms with Crippen molar-refractivity contribution in [3.05, 3.63) is 59.2 Å². The van der Waals surface area contributed by atoms with Gasteiger partial charge in [-0.25, -0.2) is 4.98 Å². The number of anilines is 1. The smallest absolute Gasteiger partial charge is 0.192 e. The summed E-state index contributed by atoms with van der Waals surface area (Å²) in [6, 6.07) is 13.0. The SMILES string of the molecule is C/C(=N\NC(=S)Nc1ccccn1)c1ccc(Cl)cc1. The Labute approximate surface area is 127 Å². The Balaban J connectivity index is 1.95. The summed E-state index contributed by atoms with van der Waals surface area (Å²) in [7, 11) is 0. The van der Waals surface area contributed by atoms with Gasteiger partial charge in [-0.05, 0) is 49.0 Å². The summed E-state index contributed by atoms with van der Waals surface area (Å²) in [4.78, 5) is 4.11. The van der Waals surface area contributed by atoms with E-state index >= 15 is 0 Å². The molecule has 2 rings (SSSR count). The third-order valence-corrected chi connectivity index (χ3v) is 2.94. The molecule has 0 aliphatic rings. The number of thiocarbonyl (C=S) groups is 1. The van der Waals surface area contributed by atoms with Crippen LogP contribution in [0.15, 0.2) is 53.8 Å². The monoisotopic (exact) mass is 304 g/mol. The number of nitrogens with one attached hydrogen (secondary N) is 2. The standard InChI is InChI=1S/C14H13ClN4S/c1-10(11-5-7-12(15)8-6-11)18-19-14(20)17-13-4-2-3-9-16-13/h2-9H,1H3,(H2,16,17,19,20)/b18-10+. The molecule has 0 fully saturated rings. The van der Waals surface area contributed by atoms with E-state index in [1.807, 2.05) is 49.4 Å². The molecule has 0 bridgehead atoms. The summed E-state index contributed by atoms with van der Waals surface area (Å²) in [5, 5.41) is 8.23. The highest BCUT2D eigenvalue weighted by molar-refractivity contribution is 7.80. The average molecular weight is 305 g/mol. The zero-order valence-corrected chi connectivity index (χ0v) is 12.4. The molecule has 102 valence electrons. The van der Waals surface area contributed by atoms with Gasteiger partial charge in [0.15, 0.2) is 5.11 Å². The van der Waals surface area contributed by atoms with E-state index in [1.165, 1.54) is 0 Å². The number of benzene rings is 1. The fourth-order valence-corrected chi connectivity index (χ4v) is 1.75. The second kappa shape index (κ2) is 6.98. The predicted octanol–water partition coefficient (Wildman–Crippen LogP) is 3.45. The van der Waals surface area contributed by atoms with Gasteiger partial charge in [0.25, 0.3) is 0 Å². The highest BCUT2D eigenvalue weighted by atomic mass is 35.5. The lowest BCUT2D eigenvalue weighted by Gasteiger charge is -2.07. The molecule has 0 saturated heterocycles. The largest absolute Gasteiger partial charge is 0.316 e.